The molecule has 1 aromatic carbocycles. The molecule has 7 nitrogen and oxygen atoms in total. The molecule has 0 radical (unpaired) electrons. The van der Waals surface area contributed by atoms with Gasteiger partial charge in [-0.15, -0.1) is 0 Å². The summed E-state index contributed by atoms with van der Waals surface area (Å²) in [6.07, 6.45) is 3.89. The van der Waals surface area contributed by atoms with Gasteiger partial charge < -0.3 is 14.9 Å². The topological polar surface area (TPSA) is 110 Å². The summed E-state index contributed by atoms with van der Waals surface area (Å²) in [5.41, 5.74) is 0.706. The average molecular weight is 314 g/mol. The zero-order valence-corrected chi connectivity index (χ0v) is 12.5. The van der Waals surface area contributed by atoms with Crippen molar-refractivity contribution in [1.82, 2.24) is 9.97 Å². The molecule has 1 heterocycles. The SMILES string of the molecule is COc1nc(C(=O)C=Cc2ccc(O)c(O)c2)ncc1C(C)=O. The number of benzene rings is 1. The number of carbonyl (C=O) groups excluding carboxylic acids is 2. The molecule has 7 heteroatoms. The van der Waals surface area contributed by atoms with Gasteiger partial charge in [-0.25, -0.2) is 4.98 Å². The minimum absolute atomic E-state index is 0.0338. The highest BCUT2D eigenvalue weighted by atomic mass is 16.5. The highest BCUT2D eigenvalue weighted by molar-refractivity contribution is 6.05. The van der Waals surface area contributed by atoms with E-state index in [0.717, 1.165) is 0 Å². The largest absolute Gasteiger partial charge is 0.504 e. The summed E-state index contributed by atoms with van der Waals surface area (Å²) in [7, 11) is 1.35. The lowest BCUT2D eigenvalue weighted by molar-refractivity contribution is 0.100. The third-order valence-corrected chi connectivity index (χ3v) is 2.97. The molecule has 0 amide bonds. The van der Waals surface area contributed by atoms with Gasteiger partial charge in [0.2, 0.25) is 17.5 Å². The first-order valence-electron chi connectivity index (χ1n) is 6.58. The van der Waals surface area contributed by atoms with E-state index in [1.54, 1.807) is 0 Å². The van der Waals surface area contributed by atoms with Gasteiger partial charge >= 0.3 is 0 Å². The summed E-state index contributed by atoms with van der Waals surface area (Å²) in [5.74, 6) is -1.38. The fraction of sp³-hybridized carbons (Fsp3) is 0.125. The predicted octanol–water partition coefficient (Wildman–Crippen LogP) is 2.00. The molecule has 0 unspecified atom stereocenters. The fourth-order valence-electron chi connectivity index (χ4n) is 1.77. The molecule has 0 fully saturated rings. The maximum absolute atomic E-state index is 12.1. The minimum Gasteiger partial charge on any atom is -0.504 e. The van der Waals surface area contributed by atoms with Crippen molar-refractivity contribution in [2.45, 2.75) is 6.92 Å². The van der Waals surface area contributed by atoms with E-state index in [4.69, 9.17) is 4.74 Å². The number of ketones is 2. The van der Waals surface area contributed by atoms with Gasteiger partial charge in [0.25, 0.3) is 0 Å². The number of hydrogen-bond donors (Lipinski definition) is 2. The number of allylic oxidation sites excluding steroid dienone is 1. The number of ether oxygens (including phenoxy) is 1. The minimum atomic E-state index is -0.494. The van der Waals surface area contributed by atoms with Crippen LogP contribution >= 0.6 is 0 Å². The van der Waals surface area contributed by atoms with Gasteiger partial charge in [0, 0.05) is 6.20 Å². The van der Waals surface area contributed by atoms with Crippen molar-refractivity contribution in [2.24, 2.45) is 0 Å². The van der Waals surface area contributed by atoms with Crippen LogP contribution in [0, 0.1) is 0 Å². The Morgan fingerprint density at radius 1 is 1.22 bits per heavy atom. The number of phenolic OH excluding ortho intramolecular Hbond substituents is 2. The van der Waals surface area contributed by atoms with Gasteiger partial charge in [-0.2, -0.15) is 4.98 Å². The number of aromatic nitrogens is 2. The Balaban J connectivity index is 2.25. The number of methoxy groups -OCH3 is 1. The number of phenols is 2. The summed E-state index contributed by atoms with van der Waals surface area (Å²) < 4.78 is 4.98. The Morgan fingerprint density at radius 3 is 2.57 bits per heavy atom. The number of Topliss-reactive ketones (excluding diaryl/α,β-unsaturated/α-hetero) is 1. The lowest BCUT2D eigenvalue weighted by Crippen LogP contribution is -2.08. The van der Waals surface area contributed by atoms with E-state index >= 15 is 0 Å². The molecule has 0 bridgehead atoms. The Bertz CT molecular complexity index is 799. The second kappa shape index (κ2) is 6.69. The standard InChI is InChI=1S/C16H14N2O5/c1-9(19)11-8-17-15(18-16(11)23-2)13(21)6-4-10-3-5-12(20)14(22)7-10/h3-8,20,22H,1-2H3. The molecule has 0 aliphatic carbocycles. The molecule has 0 spiro atoms. The van der Waals surface area contributed by atoms with Crippen LogP contribution < -0.4 is 4.74 Å². The second-order valence-electron chi connectivity index (χ2n) is 4.62. The van der Waals surface area contributed by atoms with Crippen molar-refractivity contribution in [3.63, 3.8) is 0 Å². The van der Waals surface area contributed by atoms with Crippen LogP contribution in [0.4, 0.5) is 0 Å². The van der Waals surface area contributed by atoms with Crippen LogP contribution in [0.1, 0.15) is 33.5 Å². The molecule has 2 aromatic rings. The lowest BCUT2D eigenvalue weighted by atomic mass is 10.1. The third kappa shape index (κ3) is 3.70. The zero-order valence-electron chi connectivity index (χ0n) is 12.5. The van der Waals surface area contributed by atoms with Crippen molar-refractivity contribution < 1.29 is 24.5 Å². The highest BCUT2D eigenvalue weighted by Gasteiger charge is 2.14. The maximum Gasteiger partial charge on any atom is 0.227 e. The second-order valence-corrected chi connectivity index (χ2v) is 4.62. The average Bonchev–Trinajstić information content (AvgIpc) is 2.54. The molecule has 0 aliphatic heterocycles. The summed E-state index contributed by atoms with van der Waals surface area (Å²) in [6, 6.07) is 4.14. The van der Waals surface area contributed by atoms with Crippen LogP contribution in [0.2, 0.25) is 0 Å². The Morgan fingerprint density at radius 2 is 1.96 bits per heavy atom. The predicted molar refractivity (Wildman–Crippen MR) is 81.7 cm³/mol. The molecule has 2 rings (SSSR count). The summed E-state index contributed by atoms with van der Waals surface area (Å²) >= 11 is 0. The van der Waals surface area contributed by atoms with E-state index in [0.29, 0.717) is 5.56 Å². The molecule has 0 aliphatic rings. The number of rotatable bonds is 5. The van der Waals surface area contributed by atoms with Gasteiger partial charge in [-0.3, -0.25) is 9.59 Å². The first kappa shape index (κ1) is 16.2. The summed E-state index contributed by atoms with van der Waals surface area (Å²) in [4.78, 5) is 31.2. The molecule has 0 atom stereocenters. The van der Waals surface area contributed by atoms with E-state index < -0.39 is 5.78 Å². The van der Waals surface area contributed by atoms with E-state index in [2.05, 4.69) is 9.97 Å². The van der Waals surface area contributed by atoms with Crippen LogP contribution in [0.5, 0.6) is 17.4 Å². The van der Waals surface area contributed by atoms with Gasteiger partial charge in [-0.1, -0.05) is 12.1 Å². The van der Waals surface area contributed by atoms with Crippen LogP contribution in [-0.2, 0) is 0 Å². The van der Waals surface area contributed by atoms with Crippen LogP contribution in [-0.4, -0.2) is 38.9 Å². The number of nitrogens with zero attached hydrogens (tertiary/aromatic N) is 2. The van der Waals surface area contributed by atoms with Gasteiger partial charge in [0.1, 0.15) is 0 Å². The molecule has 0 saturated carbocycles. The van der Waals surface area contributed by atoms with E-state index in [1.165, 1.54) is 50.6 Å². The lowest BCUT2D eigenvalue weighted by Gasteiger charge is -2.04. The van der Waals surface area contributed by atoms with Crippen LogP contribution in [0.25, 0.3) is 6.08 Å². The summed E-state index contributed by atoms with van der Waals surface area (Å²) in [5, 5.41) is 18.6. The Kier molecular flexibility index (Phi) is 4.70. The van der Waals surface area contributed by atoms with Crippen molar-refractivity contribution in [1.29, 1.82) is 0 Å². The van der Waals surface area contributed by atoms with Crippen LogP contribution in [0.15, 0.2) is 30.5 Å². The molecule has 1 aromatic heterocycles. The Labute approximate surface area is 131 Å². The van der Waals surface area contributed by atoms with E-state index in [1.807, 2.05) is 0 Å². The summed E-state index contributed by atoms with van der Waals surface area (Å²) in [6.45, 7) is 1.35. The number of carbonyl (C=O) groups is 2. The maximum atomic E-state index is 12.1. The quantitative estimate of drug-likeness (QED) is 0.493. The van der Waals surface area contributed by atoms with Crippen LogP contribution in [0.3, 0.4) is 0 Å². The smallest absolute Gasteiger partial charge is 0.227 e. The van der Waals surface area contributed by atoms with Crippen molar-refractivity contribution in [3.05, 3.63) is 47.4 Å². The normalized spacial score (nSPS) is 10.7. The first-order chi connectivity index (χ1) is 10.9. The molecule has 118 valence electrons. The molecule has 23 heavy (non-hydrogen) atoms. The third-order valence-electron chi connectivity index (χ3n) is 2.97. The molecule has 2 N–H and O–H groups in total. The number of aromatic hydroxyl groups is 2. The molecular weight excluding hydrogens is 300 g/mol. The number of hydrogen-bond acceptors (Lipinski definition) is 7. The van der Waals surface area contributed by atoms with E-state index in [9.17, 15) is 19.8 Å². The monoisotopic (exact) mass is 314 g/mol. The zero-order chi connectivity index (χ0) is 17.0. The van der Waals surface area contributed by atoms with Crippen molar-refractivity contribution in [2.75, 3.05) is 7.11 Å². The van der Waals surface area contributed by atoms with Crippen molar-refractivity contribution >= 4 is 17.6 Å². The van der Waals surface area contributed by atoms with Gasteiger partial charge in [0.15, 0.2) is 17.3 Å². The van der Waals surface area contributed by atoms with E-state index in [-0.39, 0.29) is 34.6 Å². The molecular formula is C16H14N2O5. The highest BCUT2D eigenvalue weighted by Crippen LogP contribution is 2.25. The van der Waals surface area contributed by atoms with Gasteiger partial charge in [-0.05, 0) is 30.7 Å². The van der Waals surface area contributed by atoms with Crippen molar-refractivity contribution in [3.8, 4) is 17.4 Å². The first-order valence-corrected chi connectivity index (χ1v) is 6.58. The fourth-order valence-corrected chi connectivity index (χ4v) is 1.77. The molecule has 0 saturated heterocycles. The Hall–Kier alpha value is -3.22. The van der Waals surface area contributed by atoms with Gasteiger partial charge in [0.05, 0.1) is 12.7 Å².